The summed E-state index contributed by atoms with van der Waals surface area (Å²) in [7, 11) is 0. The molecule has 1 aromatic carbocycles. The van der Waals surface area contributed by atoms with Gasteiger partial charge in [-0.15, -0.1) is 0 Å². The highest BCUT2D eigenvalue weighted by molar-refractivity contribution is 9.10. The number of halogens is 1. The zero-order chi connectivity index (χ0) is 12.3. The van der Waals surface area contributed by atoms with Gasteiger partial charge in [0.2, 0.25) is 0 Å². The van der Waals surface area contributed by atoms with Crippen molar-refractivity contribution in [2.24, 2.45) is 5.73 Å². The molecular weight excluding hydrogens is 280 g/mol. The van der Waals surface area contributed by atoms with Gasteiger partial charge in [-0.1, -0.05) is 34.1 Å². The highest BCUT2D eigenvalue weighted by Crippen LogP contribution is 2.29. The molecule has 2 atom stereocenters. The summed E-state index contributed by atoms with van der Waals surface area (Å²) in [5.74, 6) is 0. The van der Waals surface area contributed by atoms with Crippen molar-refractivity contribution in [2.45, 2.75) is 19.0 Å². The molecule has 2 unspecified atom stereocenters. The van der Waals surface area contributed by atoms with Crippen LogP contribution in [0.2, 0.25) is 0 Å². The highest BCUT2D eigenvalue weighted by Gasteiger charge is 2.27. The third-order valence-electron chi connectivity index (χ3n) is 3.31. The topological polar surface area (TPSA) is 38.5 Å². The van der Waals surface area contributed by atoms with Gasteiger partial charge in [0.1, 0.15) is 0 Å². The second-order valence-electron chi connectivity index (χ2n) is 4.43. The van der Waals surface area contributed by atoms with Crippen molar-refractivity contribution in [2.75, 3.05) is 26.3 Å². The van der Waals surface area contributed by atoms with Crippen LogP contribution in [0.5, 0.6) is 0 Å². The normalized spacial score (nSPS) is 23.6. The molecule has 1 saturated heterocycles. The largest absolute Gasteiger partial charge is 0.379 e. The average molecular weight is 299 g/mol. The molecule has 1 aliphatic rings. The summed E-state index contributed by atoms with van der Waals surface area (Å²) >= 11 is 3.61. The molecule has 0 bridgehead atoms. The molecule has 0 aliphatic carbocycles. The molecule has 0 amide bonds. The van der Waals surface area contributed by atoms with Crippen LogP contribution in [0.3, 0.4) is 0 Å². The van der Waals surface area contributed by atoms with E-state index in [-0.39, 0.29) is 6.04 Å². The lowest BCUT2D eigenvalue weighted by molar-refractivity contribution is -0.0210. The van der Waals surface area contributed by atoms with E-state index in [1.165, 1.54) is 5.56 Å². The number of morpholine rings is 1. The number of benzene rings is 1. The van der Waals surface area contributed by atoms with Crippen LogP contribution in [-0.4, -0.2) is 37.2 Å². The van der Waals surface area contributed by atoms with Gasteiger partial charge in [-0.3, -0.25) is 4.90 Å². The molecule has 1 heterocycles. The Labute approximate surface area is 111 Å². The Balaban J connectivity index is 2.23. The average Bonchev–Trinajstić information content (AvgIpc) is 2.34. The number of hydrogen-bond donors (Lipinski definition) is 1. The Kier molecular flexibility index (Phi) is 4.56. The van der Waals surface area contributed by atoms with Gasteiger partial charge in [0.05, 0.1) is 13.2 Å². The van der Waals surface area contributed by atoms with Gasteiger partial charge in [0, 0.05) is 29.6 Å². The predicted octanol–water partition coefficient (Wildman–Crippen LogP) is 2.17. The Bertz CT molecular complexity index is 372. The maximum absolute atomic E-state index is 5.96. The first kappa shape index (κ1) is 13.0. The van der Waals surface area contributed by atoms with E-state index < -0.39 is 0 Å². The van der Waals surface area contributed by atoms with Crippen LogP contribution in [0.25, 0.3) is 0 Å². The summed E-state index contributed by atoms with van der Waals surface area (Å²) in [6.45, 7) is 5.36. The molecular formula is C13H19BrN2O. The number of nitrogens with zero attached hydrogens (tertiary/aromatic N) is 1. The lowest BCUT2D eigenvalue weighted by Gasteiger charge is -2.39. The Morgan fingerprint density at radius 1 is 1.53 bits per heavy atom. The van der Waals surface area contributed by atoms with Gasteiger partial charge in [0.25, 0.3) is 0 Å². The highest BCUT2D eigenvalue weighted by atomic mass is 79.9. The van der Waals surface area contributed by atoms with Crippen LogP contribution in [0.1, 0.15) is 18.5 Å². The molecule has 1 fully saturated rings. The minimum Gasteiger partial charge on any atom is -0.379 e. The number of hydrogen-bond acceptors (Lipinski definition) is 3. The zero-order valence-corrected chi connectivity index (χ0v) is 11.7. The molecule has 2 rings (SSSR count). The van der Waals surface area contributed by atoms with Crippen LogP contribution in [-0.2, 0) is 4.74 Å². The summed E-state index contributed by atoms with van der Waals surface area (Å²) in [4.78, 5) is 2.43. The standard InChI is InChI=1S/C13H19BrN2O/c1-10-9-17-7-6-16(10)13(8-15)11-4-2-3-5-12(11)14/h2-5,10,13H,6-9,15H2,1H3. The van der Waals surface area contributed by atoms with E-state index in [9.17, 15) is 0 Å². The molecule has 0 aromatic heterocycles. The fraction of sp³-hybridized carbons (Fsp3) is 0.538. The second kappa shape index (κ2) is 5.96. The quantitative estimate of drug-likeness (QED) is 0.929. The Hall–Kier alpha value is -0.420. The van der Waals surface area contributed by atoms with Crippen LogP contribution in [0, 0.1) is 0 Å². The van der Waals surface area contributed by atoms with E-state index in [2.05, 4.69) is 46.0 Å². The first-order valence-corrected chi connectivity index (χ1v) is 6.81. The molecule has 0 spiro atoms. The van der Waals surface area contributed by atoms with Gasteiger partial charge in [0.15, 0.2) is 0 Å². The smallest absolute Gasteiger partial charge is 0.0620 e. The first-order chi connectivity index (χ1) is 8.24. The third-order valence-corrected chi connectivity index (χ3v) is 4.03. The van der Waals surface area contributed by atoms with Gasteiger partial charge < -0.3 is 10.5 Å². The third kappa shape index (κ3) is 2.88. The van der Waals surface area contributed by atoms with Crippen LogP contribution in [0.15, 0.2) is 28.7 Å². The molecule has 1 aliphatic heterocycles. The van der Waals surface area contributed by atoms with Crippen molar-refractivity contribution in [1.29, 1.82) is 0 Å². The maximum Gasteiger partial charge on any atom is 0.0620 e. The number of ether oxygens (including phenoxy) is 1. The Morgan fingerprint density at radius 3 is 2.94 bits per heavy atom. The summed E-state index contributed by atoms with van der Waals surface area (Å²) in [5, 5.41) is 0. The van der Waals surface area contributed by atoms with Crippen molar-refractivity contribution in [3.63, 3.8) is 0 Å². The second-order valence-corrected chi connectivity index (χ2v) is 5.29. The van der Waals surface area contributed by atoms with Crippen molar-refractivity contribution in [3.8, 4) is 0 Å². The van der Waals surface area contributed by atoms with E-state index in [1.807, 2.05) is 6.07 Å². The van der Waals surface area contributed by atoms with Crippen molar-refractivity contribution < 1.29 is 4.74 Å². The van der Waals surface area contributed by atoms with Gasteiger partial charge >= 0.3 is 0 Å². The summed E-state index contributed by atoms with van der Waals surface area (Å²) in [5.41, 5.74) is 7.23. The predicted molar refractivity (Wildman–Crippen MR) is 72.9 cm³/mol. The zero-order valence-electron chi connectivity index (χ0n) is 10.1. The fourth-order valence-corrected chi connectivity index (χ4v) is 2.94. The summed E-state index contributed by atoms with van der Waals surface area (Å²) in [6.07, 6.45) is 0. The molecule has 1 aromatic rings. The Morgan fingerprint density at radius 2 is 2.29 bits per heavy atom. The van der Waals surface area contributed by atoms with E-state index in [4.69, 9.17) is 10.5 Å². The molecule has 94 valence electrons. The van der Waals surface area contributed by atoms with Crippen LogP contribution in [0.4, 0.5) is 0 Å². The minimum absolute atomic E-state index is 0.268. The molecule has 17 heavy (non-hydrogen) atoms. The molecule has 2 N–H and O–H groups in total. The monoisotopic (exact) mass is 298 g/mol. The first-order valence-electron chi connectivity index (χ1n) is 6.02. The van der Waals surface area contributed by atoms with E-state index in [1.54, 1.807) is 0 Å². The fourth-order valence-electron chi connectivity index (χ4n) is 2.39. The van der Waals surface area contributed by atoms with Gasteiger partial charge in [-0.2, -0.15) is 0 Å². The lowest BCUT2D eigenvalue weighted by Crippen LogP contribution is -2.47. The number of rotatable bonds is 3. The molecule has 0 radical (unpaired) electrons. The van der Waals surface area contributed by atoms with E-state index in [0.29, 0.717) is 12.6 Å². The van der Waals surface area contributed by atoms with E-state index >= 15 is 0 Å². The molecule has 0 saturated carbocycles. The number of nitrogens with two attached hydrogens (primary N) is 1. The van der Waals surface area contributed by atoms with E-state index in [0.717, 1.165) is 24.2 Å². The van der Waals surface area contributed by atoms with Crippen LogP contribution >= 0.6 is 15.9 Å². The van der Waals surface area contributed by atoms with Crippen LogP contribution < -0.4 is 5.73 Å². The van der Waals surface area contributed by atoms with Crippen molar-refractivity contribution >= 4 is 15.9 Å². The summed E-state index contributed by atoms with van der Waals surface area (Å²) in [6, 6.07) is 9.00. The molecule has 3 nitrogen and oxygen atoms in total. The molecule has 4 heteroatoms. The maximum atomic E-state index is 5.96. The lowest BCUT2D eigenvalue weighted by atomic mass is 10.0. The van der Waals surface area contributed by atoms with Gasteiger partial charge in [-0.25, -0.2) is 0 Å². The minimum atomic E-state index is 0.268. The SMILES string of the molecule is CC1COCCN1C(CN)c1ccccc1Br. The van der Waals surface area contributed by atoms with Crippen molar-refractivity contribution in [1.82, 2.24) is 4.90 Å². The summed E-state index contributed by atoms with van der Waals surface area (Å²) < 4.78 is 6.61. The van der Waals surface area contributed by atoms with Crippen molar-refractivity contribution in [3.05, 3.63) is 34.3 Å². The van der Waals surface area contributed by atoms with Gasteiger partial charge in [-0.05, 0) is 18.6 Å².